The lowest BCUT2D eigenvalue weighted by Crippen LogP contribution is -2.05. The molecule has 5 heteroatoms. The predicted octanol–water partition coefficient (Wildman–Crippen LogP) is 4.95. The molecule has 24 heavy (non-hydrogen) atoms. The van der Waals surface area contributed by atoms with E-state index in [4.69, 9.17) is 0 Å². The molecule has 0 saturated carbocycles. The molecular formula is C19H22N4S. The third-order valence-electron chi connectivity index (χ3n) is 3.79. The Hall–Kier alpha value is -2.14. The van der Waals surface area contributed by atoms with Crippen LogP contribution in [0.4, 0.5) is 0 Å². The van der Waals surface area contributed by atoms with Gasteiger partial charge >= 0.3 is 0 Å². The number of rotatable bonds is 6. The van der Waals surface area contributed by atoms with Gasteiger partial charge in [0.25, 0.3) is 0 Å². The van der Waals surface area contributed by atoms with E-state index in [0.29, 0.717) is 5.92 Å². The lowest BCUT2D eigenvalue weighted by Gasteiger charge is -2.16. The maximum absolute atomic E-state index is 4.47. The zero-order chi connectivity index (χ0) is 16.9. The van der Waals surface area contributed by atoms with E-state index in [0.717, 1.165) is 34.4 Å². The second-order valence-corrected chi connectivity index (χ2v) is 7.01. The first-order valence-electron chi connectivity index (χ1n) is 8.30. The number of nitrogens with zero attached hydrogens (tertiary/aromatic N) is 4. The van der Waals surface area contributed by atoms with Crippen molar-refractivity contribution in [1.82, 2.24) is 19.7 Å². The molecule has 0 atom stereocenters. The van der Waals surface area contributed by atoms with Crippen LogP contribution in [0.5, 0.6) is 0 Å². The number of thioether (sulfide) groups is 1. The summed E-state index contributed by atoms with van der Waals surface area (Å²) in [6.45, 7) is 6.61. The fraction of sp³-hybridized carbons (Fsp3) is 0.316. The van der Waals surface area contributed by atoms with Crippen molar-refractivity contribution in [3.8, 4) is 17.1 Å². The first kappa shape index (κ1) is 16.7. The Bertz CT molecular complexity index is 796. The van der Waals surface area contributed by atoms with Crippen LogP contribution in [0.2, 0.25) is 0 Å². The van der Waals surface area contributed by atoms with E-state index in [1.807, 2.05) is 18.3 Å². The minimum absolute atomic E-state index is 0.425. The second kappa shape index (κ2) is 7.62. The molecule has 3 aromatic rings. The van der Waals surface area contributed by atoms with Gasteiger partial charge in [0.1, 0.15) is 0 Å². The minimum atomic E-state index is 0.425. The van der Waals surface area contributed by atoms with Crippen molar-refractivity contribution in [3.63, 3.8) is 0 Å². The Labute approximate surface area is 147 Å². The van der Waals surface area contributed by atoms with Crippen LogP contribution >= 0.6 is 11.8 Å². The normalized spacial score (nSPS) is 11.2. The molecule has 0 radical (unpaired) electrons. The predicted molar refractivity (Wildman–Crippen MR) is 99.7 cm³/mol. The molecule has 0 unspecified atom stereocenters. The largest absolute Gasteiger partial charge is 0.270 e. The Kier molecular flexibility index (Phi) is 5.30. The third kappa shape index (κ3) is 3.36. The van der Waals surface area contributed by atoms with E-state index < -0.39 is 0 Å². The zero-order valence-corrected chi connectivity index (χ0v) is 15.1. The fourth-order valence-electron chi connectivity index (χ4n) is 2.64. The van der Waals surface area contributed by atoms with E-state index in [1.54, 1.807) is 18.0 Å². The summed E-state index contributed by atoms with van der Waals surface area (Å²) in [5.41, 5.74) is 3.42. The number of aromatic nitrogens is 4. The molecule has 2 heterocycles. The summed E-state index contributed by atoms with van der Waals surface area (Å²) in [4.78, 5) is 4.24. The van der Waals surface area contributed by atoms with Crippen molar-refractivity contribution in [2.24, 2.45) is 0 Å². The van der Waals surface area contributed by atoms with E-state index in [1.165, 1.54) is 5.56 Å². The monoisotopic (exact) mass is 338 g/mol. The SMILES string of the molecule is CCCSc1nnc(-c2cccnc2)n1-c1ccccc1C(C)C. The molecule has 0 spiro atoms. The van der Waals surface area contributed by atoms with E-state index in [9.17, 15) is 0 Å². The van der Waals surface area contributed by atoms with Gasteiger partial charge in [-0.15, -0.1) is 10.2 Å². The van der Waals surface area contributed by atoms with Crippen molar-refractivity contribution in [1.29, 1.82) is 0 Å². The van der Waals surface area contributed by atoms with Gasteiger partial charge in [-0.2, -0.15) is 0 Å². The molecule has 0 fully saturated rings. The minimum Gasteiger partial charge on any atom is -0.270 e. The summed E-state index contributed by atoms with van der Waals surface area (Å²) < 4.78 is 2.17. The molecule has 0 amide bonds. The van der Waals surface area contributed by atoms with Gasteiger partial charge in [-0.3, -0.25) is 9.55 Å². The second-order valence-electron chi connectivity index (χ2n) is 5.95. The molecule has 124 valence electrons. The van der Waals surface area contributed by atoms with Crippen LogP contribution in [-0.4, -0.2) is 25.5 Å². The highest BCUT2D eigenvalue weighted by atomic mass is 32.2. The Morgan fingerprint density at radius 2 is 1.92 bits per heavy atom. The fourth-order valence-corrected chi connectivity index (χ4v) is 3.43. The van der Waals surface area contributed by atoms with Crippen LogP contribution in [0.25, 0.3) is 17.1 Å². The lowest BCUT2D eigenvalue weighted by molar-refractivity contribution is 0.818. The first-order valence-corrected chi connectivity index (χ1v) is 9.28. The van der Waals surface area contributed by atoms with E-state index in [-0.39, 0.29) is 0 Å². The van der Waals surface area contributed by atoms with Crippen LogP contribution in [0.1, 0.15) is 38.7 Å². The van der Waals surface area contributed by atoms with Gasteiger partial charge in [-0.1, -0.05) is 50.7 Å². The summed E-state index contributed by atoms with van der Waals surface area (Å²) in [6.07, 6.45) is 4.72. The van der Waals surface area contributed by atoms with Crippen LogP contribution in [0.15, 0.2) is 53.9 Å². The summed E-state index contributed by atoms with van der Waals surface area (Å²) in [7, 11) is 0. The standard InChI is InChI=1S/C19H22N4S/c1-4-12-24-19-22-21-18(15-8-7-11-20-13-15)23(19)17-10-6-5-9-16(17)14(2)3/h5-11,13-14H,4,12H2,1-3H3. The molecule has 0 aliphatic heterocycles. The van der Waals surface area contributed by atoms with E-state index in [2.05, 4.69) is 64.8 Å². The van der Waals surface area contributed by atoms with Gasteiger partial charge < -0.3 is 0 Å². The quantitative estimate of drug-likeness (QED) is 0.596. The van der Waals surface area contributed by atoms with Crippen LogP contribution in [-0.2, 0) is 0 Å². The average molecular weight is 338 g/mol. The van der Waals surface area contributed by atoms with Gasteiger partial charge in [0.05, 0.1) is 5.69 Å². The molecule has 3 rings (SSSR count). The number of pyridine rings is 1. The number of para-hydroxylation sites is 1. The zero-order valence-electron chi connectivity index (χ0n) is 14.3. The summed E-state index contributed by atoms with van der Waals surface area (Å²) >= 11 is 1.75. The summed E-state index contributed by atoms with van der Waals surface area (Å²) in [5, 5.41) is 9.86. The summed E-state index contributed by atoms with van der Waals surface area (Å²) in [5.74, 6) is 2.29. The van der Waals surface area contributed by atoms with Gasteiger partial charge in [0.15, 0.2) is 11.0 Å². The maximum Gasteiger partial charge on any atom is 0.196 e. The number of benzene rings is 1. The molecule has 2 aromatic heterocycles. The van der Waals surface area contributed by atoms with Crippen molar-refractivity contribution in [2.75, 3.05) is 5.75 Å². The van der Waals surface area contributed by atoms with Gasteiger partial charge in [0, 0.05) is 23.7 Å². The number of hydrogen-bond donors (Lipinski definition) is 0. The molecule has 0 saturated heterocycles. The van der Waals surface area contributed by atoms with Crippen LogP contribution in [0, 0.1) is 0 Å². The number of hydrogen-bond acceptors (Lipinski definition) is 4. The van der Waals surface area contributed by atoms with Gasteiger partial charge in [-0.25, -0.2) is 0 Å². The Morgan fingerprint density at radius 3 is 2.62 bits per heavy atom. The molecule has 0 aliphatic carbocycles. The first-order chi connectivity index (χ1) is 11.7. The smallest absolute Gasteiger partial charge is 0.196 e. The maximum atomic E-state index is 4.47. The molecule has 0 bridgehead atoms. The topological polar surface area (TPSA) is 43.6 Å². The lowest BCUT2D eigenvalue weighted by atomic mass is 10.0. The Balaban J connectivity index is 2.19. The molecule has 0 aliphatic rings. The highest BCUT2D eigenvalue weighted by Crippen LogP contribution is 2.31. The molecular weight excluding hydrogens is 316 g/mol. The summed E-state index contributed by atoms with van der Waals surface area (Å²) in [6, 6.07) is 12.4. The third-order valence-corrected chi connectivity index (χ3v) is 4.92. The highest BCUT2D eigenvalue weighted by Gasteiger charge is 2.19. The van der Waals surface area contributed by atoms with E-state index >= 15 is 0 Å². The molecule has 0 N–H and O–H groups in total. The van der Waals surface area contributed by atoms with Crippen molar-refractivity contribution in [3.05, 3.63) is 54.4 Å². The Morgan fingerprint density at radius 1 is 1.08 bits per heavy atom. The van der Waals surface area contributed by atoms with Crippen LogP contribution in [0.3, 0.4) is 0 Å². The average Bonchev–Trinajstić information content (AvgIpc) is 3.04. The van der Waals surface area contributed by atoms with Gasteiger partial charge in [0.2, 0.25) is 0 Å². The van der Waals surface area contributed by atoms with Crippen molar-refractivity contribution >= 4 is 11.8 Å². The van der Waals surface area contributed by atoms with Crippen molar-refractivity contribution in [2.45, 2.75) is 38.3 Å². The highest BCUT2D eigenvalue weighted by molar-refractivity contribution is 7.99. The van der Waals surface area contributed by atoms with Crippen molar-refractivity contribution < 1.29 is 0 Å². The molecule has 1 aromatic carbocycles. The van der Waals surface area contributed by atoms with Crippen LogP contribution < -0.4 is 0 Å². The molecule has 4 nitrogen and oxygen atoms in total. The van der Waals surface area contributed by atoms with Gasteiger partial charge in [-0.05, 0) is 36.1 Å².